The van der Waals surface area contributed by atoms with Crippen molar-refractivity contribution in [3.63, 3.8) is 0 Å². The van der Waals surface area contributed by atoms with E-state index in [2.05, 4.69) is 6.92 Å². The number of unbranched alkanes of at least 4 members (excludes halogenated alkanes) is 6. The first-order chi connectivity index (χ1) is 8.16. The van der Waals surface area contributed by atoms with Gasteiger partial charge in [0.2, 0.25) is 0 Å². The quantitative estimate of drug-likeness (QED) is 0.651. The smallest absolute Gasteiger partial charge is 0.133 e. The molecule has 1 N–H and O–H groups in total. The fourth-order valence-corrected chi connectivity index (χ4v) is 2.66. The van der Waals surface area contributed by atoms with E-state index in [9.17, 15) is 9.90 Å². The Bertz CT molecular complexity index is 213. The summed E-state index contributed by atoms with van der Waals surface area (Å²) in [5.41, 5.74) is -0.517. The predicted molar refractivity (Wildman–Crippen MR) is 71.0 cm³/mol. The van der Waals surface area contributed by atoms with Crippen LogP contribution >= 0.6 is 0 Å². The molecule has 17 heavy (non-hydrogen) atoms. The van der Waals surface area contributed by atoms with E-state index in [1.807, 2.05) is 0 Å². The van der Waals surface area contributed by atoms with Crippen LogP contribution in [0.15, 0.2) is 0 Å². The Morgan fingerprint density at radius 1 is 1.00 bits per heavy atom. The predicted octanol–water partition coefficient (Wildman–Crippen LogP) is 4.00. The summed E-state index contributed by atoms with van der Waals surface area (Å²) in [6.45, 7) is 2.24. The minimum absolute atomic E-state index is 0.328. The molecule has 0 aromatic rings. The second kappa shape index (κ2) is 7.86. The maximum absolute atomic E-state index is 11.1. The topological polar surface area (TPSA) is 37.3 Å². The highest BCUT2D eigenvalue weighted by molar-refractivity contribution is 5.79. The summed E-state index contributed by atoms with van der Waals surface area (Å²) in [6, 6.07) is 0. The summed E-state index contributed by atoms with van der Waals surface area (Å²) in [7, 11) is 0. The number of carbonyl (C=O) groups excluding carboxylic acids is 1. The van der Waals surface area contributed by atoms with Crippen LogP contribution in [-0.4, -0.2) is 16.5 Å². The fraction of sp³-hybridized carbons (Fsp3) is 0.933. The van der Waals surface area contributed by atoms with Crippen molar-refractivity contribution in [2.45, 2.75) is 89.6 Å². The molecule has 0 heterocycles. The number of hydrogen-bond donors (Lipinski definition) is 1. The van der Waals surface area contributed by atoms with Crippen molar-refractivity contribution in [3.05, 3.63) is 0 Å². The molecule has 0 amide bonds. The second-order valence-electron chi connectivity index (χ2n) is 5.63. The monoisotopic (exact) mass is 240 g/mol. The Kier molecular flexibility index (Phi) is 6.79. The number of hydrogen-bond acceptors (Lipinski definition) is 2. The molecule has 0 spiro atoms. The molecule has 0 aromatic carbocycles. The van der Waals surface area contributed by atoms with Crippen molar-refractivity contribution >= 4 is 5.78 Å². The molecular weight excluding hydrogens is 212 g/mol. The van der Waals surface area contributed by atoms with Gasteiger partial charge in [0.15, 0.2) is 0 Å². The average Bonchev–Trinajstić information content (AvgIpc) is 2.32. The van der Waals surface area contributed by atoms with Crippen molar-refractivity contribution in [1.29, 1.82) is 0 Å². The standard InChI is InChI=1S/C15H28O2/c1-2-3-4-5-6-7-8-11-15(17)12-9-14(16)10-13-15/h17H,2-13H2,1H3. The van der Waals surface area contributed by atoms with E-state index in [-0.39, 0.29) is 0 Å². The number of rotatable bonds is 8. The van der Waals surface area contributed by atoms with Gasteiger partial charge in [0.1, 0.15) is 5.78 Å². The molecular formula is C15H28O2. The molecule has 0 atom stereocenters. The Hall–Kier alpha value is -0.370. The molecule has 1 aliphatic rings. The van der Waals surface area contributed by atoms with Crippen LogP contribution in [0.2, 0.25) is 0 Å². The molecule has 0 aliphatic heterocycles. The summed E-state index contributed by atoms with van der Waals surface area (Å²) < 4.78 is 0. The van der Waals surface area contributed by atoms with Crippen molar-refractivity contribution in [3.8, 4) is 0 Å². The number of ketones is 1. The molecule has 2 nitrogen and oxygen atoms in total. The van der Waals surface area contributed by atoms with Crippen LogP contribution in [0.4, 0.5) is 0 Å². The van der Waals surface area contributed by atoms with E-state index in [0.717, 1.165) is 12.8 Å². The van der Waals surface area contributed by atoms with Crippen LogP contribution in [-0.2, 0) is 4.79 Å². The third kappa shape index (κ3) is 6.21. The Labute approximate surface area is 106 Å². The molecule has 1 rings (SSSR count). The highest BCUT2D eigenvalue weighted by atomic mass is 16.3. The van der Waals surface area contributed by atoms with Gasteiger partial charge in [-0.15, -0.1) is 0 Å². The molecule has 1 fully saturated rings. The molecule has 0 bridgehead atoms. The SMILES string of the molecule is CCCCCCCCCC1(O)CCC(=O)CC1. The summed E-state index contributed by atoms with van der Waals surface area (Å²) >= 11 is 0. The van der Waals surface area contributed by atoms with Crippen molar-refractivity contribution in [1.82, 2.24) is 0 Å². The van der Waals surface area contributed by atoms with Gasteiger partial charge in [-0.1, -0.05) is 51.9 Å². The summed E-state index contributed by atoms with van der Waals surface area (Å²) in [4.78, 5) is 11.1. The first-order valence-corrected chi connectivity index (χ1v) is 7.40. The Morgan fingerprint density at radius 3 is 2.12 bits per heavy atom. The third-order valence-electron chi connectivity index (χ3n) is 3.98. The highest BCUT2D eigenvalue weighted by Crippen LogP contribution is 2.31. The van der Waals surface area contributed by atoms with Gasteiger partial charge in [-0.3, -0.25) is 4.79 Å². The molecule has 2 heteroatoms. The lowest BCUT2D eigenvalue weighted by molar-refractivity contribution is -0.125. The maximum Gasteiger partial charge on any atom is 0.133 e. The van der Waals surface area contributed by atoms with Crippen LogP contribution < -0.4 is 0 Å². The van der Waals surface area contributed by atoms with E-state index in [1.54, 1.807) is 0 Å². The van der Waals surface area contributed by atoms with E-state index in [4.69, 9.17) is 0 Å². The zero-order valence-corrected chi connectivity index (χ0v) is 11.3. The average molecular weight is 240 g/mol. The zero-order chi connectivity index (χ0) is 12.6. The zero-order valence-electron chi connectivity index (χ0n) is 11.3. The van der Waals surface area contributed by atoms with Gasteiger partial charge in [-0.05, 0) is 19.3 Å². The third-order valence-corrected chi connectivity index (χ3v) is 3.98. The fourth-order valence-electron chi connectivity index (χ4n) is 2.66. The van der Waals surface area contributed by atoms with Gasteiger partial charge >= 0.3 is 0 Å². The maximum atomic E-state index is 11.1. The van der Waals surface area contributed by atoms with Crippen LogP contribution in [0, 0.1) is 0 Å². The molecule has 0 unspecified atom stereocenters. The van der Waals surface area contributed by atoms with Crippen molar-refractivity contribution in [2.75, 3.05) is 0 Å². The molecule has 0 radical (unpaired) electrons. The molecule has 1 aliphatic carbocycles. The van der Waals surface area contributed by atoms with Crippen LogP contribution in [0.3, 0.4) is 0 Å². The van der Waals surface area contributed by atoms with Crippen LogP contribution in [0.5, 0.6) is 0 Å². The number of aliphatic hydroxyl groups is 1. The number of carbonyl (C=O) groups is 1. The summed E-state index contributed by atoms with van der Waals surface area (Å²) in [6.07, 6.45) is 12.5. The van der Waals surface area contributed by atoms with Crippen molar-refractivity contribution in [2.24, 2.45) is 0 Å². The lowest BCUT2D eigenvalue weighted by Gasteiger charge is -2.31. The molecule has 100 valence electrons. The number of Topliss-reactive ketones (excluding diaryl/α,β-unsaturated/α-hetero) is 1. The lowest BCUT2D eigenvalue weighted by atomic mass is 9.80. The highest BCUT2D eigenvalue weighted by Gasteiger charge is 2.31. The van der Waals surface area contributed by atoms with Gasteiger partial charge in [-0.2, -0.15) is 0 Å². The largest absolute Gasteiger partial charge is 0.390 e. The summed E-state index contributed by atoms with van der Waals surface area (Å²) in [5, 5.41) is 10.3. The van der Waals surface area contributed by atoms with Crippen LogP contribution in [0.1, 0.15) is 84.0 Å². The van der Waals surface area contributed by atoms with E-state index >= 15 is 0 Å². The molecule has 0 aromatic heterocycles. The Morgan fingerprint density at radius 2 is 1.53 bits per heavy atom. The first kappa shape index (κ1) is 14.7. The summed E-state index contributed by atoms with van der Waals surface area (Å²) in [5.74, 6) is 0.328. The lowest BCUT2D eigenvalue weighted by Crippen LogP contribution is -2.34. The van der Waals surface area contributed by atoms with Gasteiger partial charge in [0, 0.05) is 12.8 Å². The van der Waals surface area contributed by atoms with E-state index < -0.39 is 5.60 Å². The molecule has 0 saturated heterocycles. The van der Waals surface area contributed by atoms with Gasteiger partial charge in [0.25, 0.3) is 0 Å². The van der Waals surface area contributed by atoms with Gasteiger partial charge in [-0.25, -0.2) is 0 Å². The minimum Gasteiger partial charge on any atom is -0.390 e. The minimum atomic E-state index is -0.517. The van der Waals surface area contributed by atoms with Crippen molar-refractivity contribution < 1.29 is 9.90 Å². The van der Waals surface area contributed by atoms with Gasteiger partial charge < -0.3 is 5.11 Å². The Balaban J connectivity index is 2.00. The van der Waals surface area contributed by atoms with Gasteiger partial charge in [0.05, 0.1) is 5.60 Å². The normalized spacial score (nSPS) is 19.5. The second-order valence-corrected chi connectivity index (χ2v) is 5.63. The first-order valence-electron chi connectivity index (χ1n) is 7.40. The van der Waals surface area contributed by atoms with E-state index in [1.165, 1.54) is 38.5 Å². The molecule has 1 saturated carbocycles. The van der Waals surface area contributed by atoms with Crippen LogP contribution in [0.25, 0.3) is 0 Å². The van der Waals surface area contributed by atoms with E-state index in [0.29, 0.717) is 31.5 Å².